The molecule has 0 spiro atoms. The number of carboxylic acids is 1. The fourth-order valence-electron chi connectivity index (χ4n) is 1.93. The number of para-hydroxylation sites is 1. The smallest absolute Gasteiger partial charge is 0.337 e. The topological polar surface area (TPSA) is 93.8 Å². The van der Waals surface area contributed by atoms with Crippen molar-refractivity contribution in [2.45, 2.75) is 0 Å². The zero-order valence-electron chi connectivity index (χ0n) is 11.7. The quantitative estimate of drug-likeness (QED) is 0.732. The Bertz CT molecular complexity index is 671. The lowest BCUT2D eigenvalue weighted by molar-refractivity contribution is 0.0698. The van der Waals surface area contributed by atoms with Crippen LogP contribution in [0.3, 0.4) is 0 Å². The van der Waals surface area contributed by atoms with Crippen molar-refractivity contribution in [3.8, 4) is 11.5 Å². The average molecular weight is 288 g/mol. The van der Waals surface area contributed by atoms with Crippen LogP contribution in [0.4, 0.5) is 17.1 Å². The number of benzene rings is 2. The zero-order valence-corrected chi connectivity index (χ0v) is 11.7. The van der Waals surface area contributed by atoms with E-state index in [1.54, 1.807) is 37.4 Å². The minimum atomic E-state index is -1.06. The van der Waals surface area contributed by atoms with Crippen molar-refractivity contribution in [2.75, 3.05) is 25.3 Å². The highest BCUT2D eigenvalue weighted by Crippen LogP contribution is 2.34. The van der Waals surface area contributed by atoms with Crippen molar-refractivity contribution >= 4 is 23.0 Å². The van der Waals surface area contributed by atoms with Crippen LogP contribution >= 0.6 is 0 Å². The summed E-state index contributed by atoms with van der Waals surface area (Å²) >= 11 is 0. The molecular formula is C15H16N2O4. The number of anilines is 3. The molecule has 0 fully saturated rings. The minimum Gasteiger partial charge on any atom is -0.497 e. The number of hydrogen-bond acceptors (Lipinski definition) is 5. The van der Waals surface area contributed by atoms with E-state index in [-0.39, 0.29) is 5.56 Å². The molecule has 0 aromatic heterocycles. The van der Waals surface area contributed by atoms with Crippen LogP contribution in [-0.2, 0) is 0 Å². The molecule has 2 aromatic rings. The van der Waals surface area contributed by atoms with Crippen molar-refractivity contribution in [3.05, 3.63) is 42.0 Å². The number of aromatic carboxylic acids is 1. The number of ether oxygens (including phenoxy) is 2. The zero-order chi connectivity index (χ0) is 15.4. The monoisotopic (exact) mass is 288 g/mol. The van der Waals surface area contributed by atoms with E-state index in [1.807, 2.05) is 0 Å². The van der Waals surface area contributed by atoms with Gasteiger partial charge in [-0.25, -0.2) is 4.79 Å². The summed E-state index contributed by atoms with van der Waals surface area (Å²) in [5.74, 6) is 0.103. The van der Waals surface area contributed by atoms with Gasteiger partial charge in [0, 0.05) is 6.07 Å². The summed E-state index contributed by atoms with van der Waals surface area (Å²) in [6.07, 6.45) is 0. The van der Waals surface area contributed by atoms with Gasteiger partial charge in [-0.1, -0.05) is 6.07 Å². The first-order chi connectivity index (χ1) is 10.1. The van der Waals surface area contributed by atoms with Crippen molar-refractivity contribution in [2.24, 2.45) is 0 Å². The third kappa shape index (κ3) is 3.00. The Balaban J connectivity index is 2.49. The molecule has 0 radical (unpaired) electrons. The second-order valence-electron chi connectivity index (χ2n) is 4.27. The first kappa shape index (κ1) is 14.5. The summed E-state index contributed by atoms with van der Waals surface area (Å²) in [6, 6.07) is 9.87. The number of nitrogens with one attached hydrogen (secondary N) is 1. The van der Waals surface area contributed by atoms with Crippen LogP contribution in [0, 0.1) is 0 Å². The SMILES string of the molecule is COc1ccc(OC)c(Nc2c(N)cccc2C(=O)O)c1. The lowest BCUT2D eigenvalue weighted by atomic mass is 10.1. The van der Waals surface area contributed by atoms with Crippen LogP contribution in [0.1, 0.15) is 10.4 Å². The largest absolute Gasteiger partial charge is 0.497 e. The van der Waals surface area contributed by atoms with Crippen molar-refractivity contribution in [1.29, 1.82) is 0 Å². The fourth-order valence-corrected chi connectivity index (χ4v) is 1.93. The van der Waals surface area contributed by atoms with E-state index in [1.165, 1.54) is 13.2 Å². The maximum absolute atomic E-state index is 11.3. The summed E-state index contributed by atoms with van der Waals surface area (Å²) < 4.78 is 10.4. The summed E-state index contributed by atoms with van der Waals surface area (Å²) in [5.41, 5.74) is 7.17. The summed E-state index contributed by atoms with van der Waals surface area (Å²) in [5, 5.41) is 12.2. The van der Waals surface area contributed by atoms with Crippen LogP contribution in [0.5, 0.6) is 11.5 Å². The molecule has 0 saturated carbocycles. The van der Waals surface area contributed by atoms with E-state index in [2.05, 4.69) is 5.32 Å². The van der Waals surface area contributed by atoms with E-state index in [0.29, 0.717) is 28.6 Å². The van der Waals surface area contributed by atoms with Gasteiger partial charge in [0.1, 0.15) is 11.5 Å². The predicted octanol–water partition coefficient (Wildman–Crippen LogP) is 2.73. The molecular weight excluding hydrogens is 272 g/mol. The number of nitrogens with two attached hydrogens (primary N) is 1. The molecule has 0 atom stereocenters. The van der Waals surface area contributed by atoms with Gasteiger partial charge in [-0.2, -0.15) is 0 Å². The summed E-state index contributed by atoms with van der Waals surface area (Å²) in [7, 11) is 3.07. The molecule has 6 heteroatoms. The van der Waals surface area contributed by atoms with E-state index in [9.17, 15) is 9.90 Å². The van der Waals surface area contributed by atoms with Gasteiger partial charge in [-0.05, 0) is 24.3 Å². The van der Waals surface area contributed by atoms with Gasteiger partial charge < -0.3 is 25.6 Å². The van der Waals surface area contributed by atoms with Gasteiger partial charge in [0.2, 0.25) is 0 Å². The van der Waals surface area contributed by atoms with Gasteiger partial charge in [0.05, 0.1) is 36.8 Å². The molecule has 2 rings (SSSR count). The van der Waals surface area contributed by atoms with Gasteiger partial charge >= 0.3 is 5.97 Å². The maximum Gasteiger partial charge on any atom is 0.337 e. The highest BCUT2D eigenvalue weighted by molar-refractivity contribution is 5.99. The van der Waals surface area contributed by atoms with Gasteiger partial charge in [0.25, 0.3) is 0 Å². The van der Waals surface area contributed by atoms with Gasteiger partial charge in [-0.15, -0.1) is 0 Å². The number of carboxylic acid groups (broad SMARTS) is 1. The number of nitrogen functional groups attached to an aromatic ring is 1. The molecule has 0 aliphatic heterocycles. The molecule has 2 aromatic carbocycles. The number of hydrogen-bond donors (Lipinski definition) is 3. The van der Waals surface area contributed by atoms with E-state index >= 15 is 0 Å². The Labute approximate surface area is 122 Å². The second-order valence-corrected chi connectivity index (χ2v) is 4.27. The van der Waals surface area contributed by atoms with Gasteiger partial charge in [0.15, 0.2) is 0 Å². The molecule has 110 valence electrons. The normalized spacial score (nSPS) is 10.0. The van der Waals surface area contributed by atoms with E-state index in [4.69, 9.17) is 15.2 Å². The van der Waals surface area contributed by atoms with Crippen LogP contribution < -0.4 is 20.5 Å². The molecule has 4 N–H and O–H groups in total. The second kappa shape index (κ2) is 6.04. The lowest BCUT2D eigenvalue weighted by Crippen LogP contribution is -2.06. The molecule has 0 bridgehead atoms. The Hall–Kier alpha value is -2.89. The summed E-state index contributed by atoms with van der Waals surface area (Å²) in [4.78, 5) is 11.3. The maximum atomic E-state index is 11.3. The van der Waals surface area contributed by atoms with Crippen LogP contribution in [0.15, 0.2) is 36.4 Å². The molecule has 6 nitrogen and oxygen atoms in total. The molecule has 0 aliphatic carbocycles. The number of methoxy groups -OCH3 is 2. The first-order valence-electron chi connectivity index (χ1n) is 6.17. The molecule has 0 aliphatic rings. The van der Waals surface area contributed by atoms with Crippen LogP contribution in [0.2, 0.25) is 0 Å². The Morgan fingerprint density at radius 1 is 1.19 bits per heavy atom. The Morgan fingerprint density at radius 3 is 2.57 bits per heavy atom. The highest BCUT2D eigenvalue weighted by atomic mass is 16.5. The molecule has 0 amide bonds. The Kier molecular flexibility index (Phi) is 4.18. The lowest BCUT2D eigenvalue weighted by Gasteiger charge is -2.15. The van der Waals surface area contributed by atoms with Gasteiger partial charge in [-0.3, -0.25) is 0 Å². The van der Waals surface area contributed by atoms with Crippen LogP contribution in [-0.4, -0.2) is 25.3 Å². The molecule has 0 saturated heterocycles. The first-order valence-corrected chi connectivity index (χ1v) is 6.17. The van der Waals surface area contributed by atoms with Crippen molar-refractivity contribution < 1.29 is 19.4 Å². The molecule has 21 heavy (non-hydrogen) atoms. The third-order valence-electron chi connectivity index (χ3n) is 2.99. The number of carbonyl (C=O) groups is 1. The predicted molar refractivity (Wildman–Crippen MR) is 80.6 cm³/mol. The molecule has 0 heterocycles. The highest BCUT2D eigenvalue weighted by Gasteiger charge is 2.15. The fraction of sp³-hybridized carbons (Fsp3) is 0.133. The molecule has 0 unspecified atom stereocenters. The Morgan fingerprint density at radius 2 is 1.95 bits per heavy atom. The average Bonchev–Trinajstić information content (AvgIpc) is 2.48. The van der Waals surface area contributed by atoms with Crippen LogP contribution in [0.25, 0.3) is 0 Å². The summed E-state index contributed by atoms with van der Waals surface area (Å²) in [6.45, 7) is 0. The van der Waals surface area contributed by atoms with E-state index in [0.717, 1.165) is 0 Å². The minimum absolute atomic E-state index is 0.0832. The van der Waals surface area contributed by atoms with E-state index < -0.39 is 5.97 Å². The standard InChI is InChI=1S/C15H16N2O4/c1-20-9-6-7-13(21-2)12(8-9)17-14-10(15(18)19)4-3-5-11(14)16/h3-8,17H,16H2,1-2H3,(H,18,19). The number of rotatable bonds is 5. The third-order valence-corrected chi connectivity index (χ3v) is 2.99. The van der Waals surface area contributed by atoms with Crippen molar-refractivity contribution in [1.82, 2.24) is 0 Å². The van der Waals surface area contributed by atoms with Crippen molar-refractivity contribution in [3.63, 3.8) is 0 Å².